The van der Waals surface area contributed by atoms with Crippen LogP contribution in [0.1, 0.15) is 12.2 Å². The third kappa shape index (κ3) is 3.82. The van der Waals surface area contributed by atoms with Gasteiger partial charge in [0.25, 0.3) is 5.91 Å². The van der Waals surface area contributed by atoms with Gasteiger partial charge in [0.05, 0.1) is 25.5 Å². The minimum Gasteiger partial charge on any atom is -0.440 e. The van der Waals surface area contributed by atoms with E-state index in [-0.39, 0.29) is 6.42 Å². The van der Waals surface area contributed by atoms with Gasteiger partial charge in [0.1, 0.15) is 12.2 Å². The largest absolute Gasteiger partial charge is 0.440 e. The first-order valence-corrected chi connectivity index (χ1v) is 5.91. The smallest absolute Gasteiger partial charge is 0.254 e. The lowest BCUT2D eigenvalue weighted by molar-refractivity contribution is -0.120. The van der Waals surface area contributed by atoms with Crippen molar-refractivity contribution >= 4 is 18.0 Å². The van der Waals surface area contributed by atoms with Gasteiger partial charge in [-0.05, 0) is 6.07 Å². The van der Waals surface area contributed by atoms with Crippen molar-refractivity contribution in [2.45, 2.75) is 6.42 Å². The minimum atomic E-state index is -0.446. The average Bonchev–Trinajstić information content (AvgIpc) is 2.89. The molecule has 2 heterocycles. The fourth-order valence-corrected chi connectivity index (χ4v) is 1.64. The molecule has 0 spiro atoms. The Hall–Kier alpha value is -2.33. The number of nitrogens with one attached hydrogen (secondary N) is 1. The van der Waals surface area contributed by atoms with Crippen molar-refractivity contribution in [1.29, 1.82) is 5.26 Å². The number of hydrogen-bond donors (Lipinski definition) is 1. The molecule has 0 saturated carbocycles. The van der Waals surface area contributed by atoms with Crippen LogP contribution in [0.5, 0.6) is 0 Å². The van der Waals surface area contributed by atoms with Crippen LogP contribution in [-0.2, 0) is 9.53 Å². The summed E-state index contributed by atoms with van der Waals surface area (Å²) in [6.45, 7) is 2.97. The molecule has 100 valence electrons. The molecule has 0 atom stereocenters. The number of anilines is 1. The van der Waals surface area contributed by atoms with Crippen molar-refractivity contribution in [2.75, 3.05) is 31.2 Å². The normalized spacial score (nSPS) is 15.4. The lowest BCUT2D eigenvalue weighted by atomic mass is 10.4. The first kappa shape index (κ1) is 13.1. The molecule has 1 amide bonds. The topological polar surface area (TPSA) is 90.9 Å². The maximum Gasteiger partial charge on any atom is 0.254 e. The van der Waals surface area contributed by atoms with Crippen LogP contribution in [0.4, 0.5) is 5.88 Å². The number of hydrazone groups is 1. The summed E-state index contributed by atoms with van der Waals surface area (Å²) < 4.78 is 10.8. The number of morpholine rings is 1. The lowest BCUT2D eigenvalue weighted by Crippen LogP contribution is -2.35. The summed E-state index contributed by atoms with van der Waals surface area (Å²) in [5, 5.41) is 12.0. The quantitative estimate of drug-likeness (QED) is 0.629. The third-order valence-corrected chi connectivity index (χ3v) is 2.56. The Labute approximate surface area is 110 Å². The first-order valence-electron chi connectivity index (χ1n) is 5.91. The van der Waals surface area contributed by atoms with Crippen molar-refractivity contribution < 1.29 is 13.9 Å². The molecule has 1 aliphatic rings. The number of amides is 1. The first-order chi connectivity index (χ1) is 9.29. The van der Waals surface area contributed by atoms with Crippen LogP contribution in [0.15, 0.2) is 21.7 Å². The second kappa shape index (κ2) is 6.56. The molecule has 0 aromatic carbocycles. The monoisotopic (exact) mass is 262 g/mol. The summed E-state index contributed by atoms with van der Waals surface area (Å²) in [7, 11) is 0. The molecule has 0 unspecified atom stereocenters. The summed E-state index contributed by atoms with van der Waals surface area (Å²) in [4.78, 5) is 13.1. The fourth-order valence-electron chi connectivity index (χ4n) is 1.64. The van der Waals surface area contributed by atoms with Crippen molar-refractivity contribution in [3.8, 4) is 6.07 Å². The number of nitriles is 1. The molecule has 1 saturated heterocycles. The van der Waals surface area contributed by atoms with Crippen LogP contribution in [0, 0.1) is 11.3 Å². The molecule has 1 N–H and O–H groups in total. The number of carbonyl (C=O) groups excluding carboxylic acids is 1. The Kier molecular flexibility index (Phi) is 4.53. The van der Waals surface area contributed by atoms with Gasteiger partial charge in [-0.1, -0.05) is 0 Å². The van der Waals surface area contributed by atoms with Crippen molar-refractivity contribution in [3.05, 3.63) is 17.9 Å². The zero-order valence-electron chi connectivity index (χ0n) is 10.3. The second-order valence-corrected chi connectivity index (χ2v) is 3.90. The van der Waals surface area contributed by atoms with Crippen LogP contribution in [-0.4, -0.2) is 38.4 Å². The third-order valence-electron chi connectivity index (χ3n) is 2.56. The number of nitrogens with zero attached hydrogens (tertiary/aromatic N) is 3. The molecule has 1 fully saturated rings. The Morgan fingerprint density at radius 2 is 2.32 bits per heavy atom. The molecule has 7 nitrogen and oxygen atoms in total. The Morgan fingerprint density at radius 1 is 1.53 bits per heavy atom. The zero-order chi connectivity index (χ0) is 13.5. The van der Waals surface area contributed by atoms with E-state index in [0.717, 1.165) is 19.0 Å². The summed E-state index contributed by atoms with van der Waals surface area (Å²) in [5.74, 6) is 0.852. The highest BCUT2D eigenvalue weighted by atomic mass is 16.5. The standard InChI is InChI=1S/C12H14N4O3/c13-4-3-11(17)15-14-9-10-1-2-12(19-10)16-5-7-18-8-6-16/h1-2,9H,3,5-8H2,(H,15,17)/b14-9-. The fraction of sp³-hybridized carbons (Fsp3) is 0.417. The summed E-state index contributed by atoms with van der Waals surface area (Å²) in [6, 6.07) is 5.35. The van der Waals surface area contributed by atoms with Crippen LogP contribution in [0.2, 0.25) is 0 Å². The predicted molar refractivity (Wildman–Crippen MR) is 67.7 cm³/mol. The predicted octanol–water partition coefficient (Wildman–Crippen LogP) is 0.480. The molecular weight excluding hydrogens is 248 g/mol. The highest BCUT2D eigenvalue weighted by Gasteiger charge is 2.14. The molecule has 0 bridgehead atoms. The van der Waals surface area contributed by atoms with E-state index < -0.39 is 5.91 Å². The molecule has 1 aliphatic heterocycles. The van der Waals surface area contributed by atoms with Gasteiger partial charge < -0.3 is 14.1 Å². The number of hydrogen-bond acceptors (Lipinski definition) is 6. The van der Waals surface area contributed by atoms with Crippen LogP contribution < -0.4 is 10.3 Å². The maximum absolute atomic E-state index is 11.0. The van der Waals surface area contributed by atoms with Crippen molar-refractivity contribution in [3.63, 3.8) is 0 Å². The second-order valence-electron chi connectivity index (χ2n) is 3.90. The Balaban J connectivity index is 1.88. The van der Waals surface area contributed by atoms with E-state index in [1.54, 1.807) is 12.1 Å². The summed E-state index contributed by atoms with van der Waals surface area (Å²) in [6.07, 6.45) is 1.19. The SMILES string of the molecule is N#CCC(=O)N/N=C\c1ccc(N2CCOCC2)o1. The molecule has 19 heavy (non-hydrogen) atoms. The average molecular weight is 262 g/mol. The number of carbonyl (C=O) groups is 1. The molecule has 7 heteroatoms. The van der Waals surface area contributed by atoms with Gasteiger partial charge in [-0.25, -0.2) is 5.43 Å². The van der Waals surface area contributed by atoms with E-state index >= 15 is 0 Å². The van der Waals surface area contributed by atoms with Gasteiger partial charge in [0.2, 0.25) is 0 Å². The summed E-state index contributed by atoms with van der Waals surface area (Å²) in [5.41, 5.74) is 2.24. The van der Waals surface area contributed by atoms with Gasteiger partial charge in [-0.15, -0.1) is 0 Å². The molecule has 0 aliphatic carbocycles. The number of furan rings is 1. The maximum atomic E-state index is 11.0. The van der Waals surface area contributed by atoms with E-state index in [2.05, 4.69) is 15.4 Å². The van der Waals surface area contributed by atoms with Crippen LogP contribution in [0.3, 0.4) is 0 Å². The lowest BCUT2D eigenvalue weighted by Gasteiger charge is -2.26. The Bertz CT molecular complexity index is 497. The molecule has 1 aromatic heterocycles. The highest BCUT2D eigenvalue weighted by Crippen LogP contribution is 2.18. The van der Waals surface area contributed by atoms with Gasteiger partial charge >= 0.3 is 0 Å². The van der Waals surface area contributed by atoms with E-state index in [0.29, 0.717) is 19.0 Å². The molecule has 2 rings (SSSR count). The molecule has 1 aromatic rings. The van der Waals surface area contributed by atoms with Crippen molar-refractivity contribution in [1.82, 2.24) is 5.43 Å². The highest BCUT2D eigenvalue weighted by molar-refractivity contribution is 5.81. The Morgan fingerprint density at radius 3 is 3.05 bits per heavy atom. The van der Waals surface area contributed by atoms with Gasteiger partial charge in [-0.2, -0.15) is 10.4 Å². The minimum absolute atomic E-state index is 0.214. The number of rotatable bonds is 4. The van der Waals surface area contributed by atoms with Gasteiger partial charge in [-0.3, -0.25) is 4.79 Å². The molecular formula is C12H14N4O3. The van der Waals surface area contributed by atoms with Gasteiger partial charge in [0.15, 0.2) is 5.88 Å². The number of ether oxygens (including phenoxy) is 1. The van der Waals surface area contributed by atoms with E-state index in [9.17, 15) is 4.79 Å². The van der Waals surface area contributed by atoms with E-state index in [1.807, 2.05) is 6.07 Å². The van der Waals surface area contributed by atoms with E-state index in [1.165, 1.54) is 6.21 Å². The van der Waals surface area contributed by atoms with E-state index in [4.69, 9.17) is 14.4 Å². The van der Waals surface area contributed by atoms with Crippen molar-refractivity contribution in [2.24, 2.45) is 5.10 Å². The van der Waals surface area contributed by atoms with Crippen LogP contribution >= 0.6 is 0 Å². The molecule has 0 radical (unpaired) electrons. The van der Waals surface area contributed by atoms with Crippen LogP contribution in [0.25, 0.3) is 0 Å². The zero-order valence-corrected chi connectivity index (χ0v) is 10.3. The van der Waals surface area contributed by atoms with Gasteiger partial charge in [0, 0.05) is 19.2 Å². The summed E-state index contributed by atoms with van der Waals surface area (Å²) >= 11 is 0.